The maximum atomic E-state index is 2.53. The van der Waals surface area contributed by atoms with Crippen molar-refractivity contribution in [3.63, 3.8) is 0 Å². The van der Waals surface area contributed by atoms with E-state index in [1.807, 2.05) is 0 Å². The Labute approximate surface area is 319 Å². The first-order valence-corrected chi connectivity index (χ1v) is 19.6. The van der Waals surface area contributed by atoms with Crippen molar-refractivity contribution in [3.05, 3.63) is 167 Å². The number of rotatable bonds is 2. The van der Waals surface area contributed by atoms with Gasteiger partial charge in [-0.1, -0.05) is 176 Å². The van der Waals surface area contributed by atoms with E-state index in [9.17, 15) is 0 Å². The van der Waals surface area contributed by atoms with Gasteiger partial charge < -0.3 is 0 Å². The van der Waals surface area contributed by atoms with Crippen LogP contribution in [-0.4, -0.2) is 0 Å². The molecule has 0 saturated carbocycles. The fourth-order valence-corrected chi connectivity index (χ4v) is 10.6. The van der Waals surface area contributed by atoms with E-state index in [1.54, 1.807) is 0 Å². The molecule has 0 amide bonds. The van der Waals surface area contributed by atoms with Gasteiger partial charge in [0.05, 0.1) is 0 Å². The summed E-state index contributed by atoms with van der Waals surface area (Å²) in [5.74, 6) is 0. The van der Waals surface area contributed by atoms with Crippen molar-refractivity contribution >= 4 is 21.5 Å². The molecule has 0 aliphatic heterocycles. The second-order valence-corrected chi connectivity index (χ2v) is 18.1. The highest BCUT2D eigenvalue weighted by Crippen LogP contribution is 2.60. The van der Waals surface area contributed by atoms with Gasteiger partial charge >= 0.3 is 0 Å². The van der Waals surface area contributed by atoms with Crippen LogP contribution in [0, 0.1) is 0 Å². The second kappa shape index (κ2) is 10.5. The summed E-state index contributed by atoms with van der Waals surface area (Å²) in [7, 11) is 0. The number of hydrogen-bond acceptors (Lipinski definition) is 0. The van der Waals surface area contributed by atoms with Crippen LogP contribution in [0.3, 0.4) is 0 Å². The molecule has 0 saturated heterocycles. The van der Waals surface area contributed by atoms with E-state index in [0.29, 0.717) is 0 Å². The molecule has 0 heteroatoms. The SMILES string of the molecule is CC(C)(C)c1ccc2c(c1)C(C)(C)c1cc(-c3c4c(c(-c5ccc6c(c5)C(C)(C)c5ccccc5-6)c5ccccc35)-c3cccc5cccc-4c35)ccc1-2. The fraction of sp³-hybridized carbons (Fsp3) is 0.185. The normalized spacial score (nSPS) is 15.2. The summed E-state index contributed by atoms with van der Waals surface area (Å²) >= 11 is 0. The minimum Gasteiger partial charge on any atom is -0.0619 e. The number of fused-ring (bicyclic) bond motifs is 10. The van der Waals surface area contributed by atoms with Crippen LogP contribution in [0.5, 0.6) is 0 Å². The molecule has 0 spiro atoms. The Morgan fingerprint density at radius 3 is 1.37 bits per heavy atom. The molecule has 8 aromatic rings. The summed E-state index contributed by atoms with van der Waals surface area (Å²) in [6.07, 6.45) is 0. The standard InChI is InChI=1S/C54H44/c1-52(2,3)34-24-27-38-37-26-23-33(29-45(37)54(6,7)46(38)30-34)49-40-18-9-8-17-39(40)48(50-41-19-12-14-31-15-13-20-42(47(31)41)51(49)50)32-22-25-36-35-16-10-11-21-43(35)53(4,5)44(36)28-32/h8-30H,1-7H3. The van der Waals surface area contributed by atoms with Gasteiger partial charge in [-0.3, -0.25) is 0 Å². The molecule has 0 N–H and O–H groups in total. The molecule has 11 rings (SSSR count). The van der Waals surface area contributed by atoms with Gasteiger partial charge in [-0.05, 0) is 134 Å². The number of hydrogen-bond donors (Lipinski definition) is 0. The predicted octanol–water partition coefficient (Wildman–Crippen LogP) is 14.9. The van der Waals surface area contributed by atoms with E-state index < -0.39 is 0 Å². The van der Waals surface area contributed by atoms with Gasteiger partial charge in [-0.15, -0.1) is 0 Å². The first kappa shape index (κ1) is 31.8. The molecule has 0 fully saturated rings. The summed E-state index contributed by atoms with van der Waals surface area (Å²) in [4.78, 5) is 0. The van der Waals surface area contributed by atoms with E-state index >= 15 is 0 Å². The molecular weight excluding hydrogens is 649 g/mol. The molecule has 0 heterocycles. The van der Waals surface area contributed by atoms with Crippen LogP contribution in [0.4, 0.5) is 0 Å². The molecule has 3 aliphatic carbocycles. The Kier molecular flexibility index (Phi) is 6.17. The van der Waals surface area contributed by atoms with E-state index in [4.69, 9.17) is 0 Å². The van der Waals surface area contributed by atoms with Crippen molar-refractivity contribution in [2.75, 3.05) is 0 Å². The molecule has 0 bridgehead atoms. The van der Waals surface area contributed by atoms with Crippen LogP contribution >= 0.6 is 0 Å². The lowest BCUT2D eigenvalue weighted by molar-refractivity contribution is 0.584. The van der Waals surface area contributed by atoms with E-state index in [0.717, 1.165) is 0 Å². The van der Waals surface area contributed by atoms with E-state index in [-0.39, 0.29) is 16.2 Å². The minimum absolute atomic E-state index is 0.0771. The summed E-state index contributed by atoms with van der Waals surface area (Å²) < 4.78 is 0. The third-order valence-electron chi connectivity index (χ3n) is 13.4. The maximum Gasteiger partial charge on any atom is 0.0159 e. The third-order valence-corrected chi connectivity index (χ3v) is 13.4. The second-order valence-electron chi connectivity index (χ2n) is 18.1. The Bertz CT molecular complexity index is 2950. The largest absolute Gasteiger partial charge is 0.0619 e. The van der Waals surface area contributed by atoms with Crippen LogP contribution < -0.4 is 0 Å². The smallest absolute Gasteiger partial charge is 0.0159 e. The molecule has 0 aromatic heterocycles. The van der Waals surface area contributed by atoms with Gasteiger partial charge in [0.15, 0.2) is 0 Å². The van der Waals surface area contributed by atoms with Crippen molar-refractivity contribution in [3.8, 4) is 66.8 Å². The summed E-state index contributed by atoms with van der Waals surface area (Å²) in [5.41, 5.74) is 23.1. The minimum atomic E-state index is -0.112. The van der Waals surface area contributed by atoms with Crippen molar-refractivity contribution in [2.24, 2.45) is 0 Å². The zero-order chi connectivity index (χ0) is 36.9. The Hall–Kier alpha value is -5.72. The lowest BCUT2D eigenvalue weighted by Gasteiger charge is -2.26. The van der Waals surface area contributed by atoms with Crippen molar-refractivity contribution in [1.29, 1.82) is 0 Å². The van der Waals surface area contributed by atoms with Gasteiger partial charge in [-0.2, -0.15) is 0 Å². The van der Waals surface area contributed by atoms with Gasteiger partial charge in [0.1, 0.15) is 0 Å². The molecular formula is C54H44. The first-order chi connectivity index (χ1) is 25.9. The zero-order valence-corrected chi connectivity index (χ0v) is 32.3. The molecule has 260 valence electrons. The van der Waals surface area contributed by atoms with Gasteiger partial charge in [0, 0.05) is 10.8 Å². The zero-order valence-electron chi connectivity index (χ0n) is 32.3. The average Bonchev–Trinajstić information content (AvgIpc) is 3.71. The van der Waals surface area contributed by atoms with Crippen LogP contribution in [-0.2, 0) is 16.2 Å². The van der Waals surface area contributed by atoms with Gasteiger partial charge in [-0.25, -0.2) is 0 Å². The highest BCUT2D eigenvalue weighted by atomic mass is 14.4. The van der Waals surface area contributed by atoms with Gasteiger partial charge in [0.25, 0.3) is 0 Å². The summed E-state index contributed by atoms with van der Waals surface area (Å²) in [5, 5.41) is 5.28. The highest BCUT2D eigenvalue weighted by molar-refractivity contribution is 6.27. The lowest BCUT2D eigenvalue weighted by atomic mass is 9.77. The third kappa shape index (κ3) is 4.04. The van der Waals surface area contributed by atoms with Crippen molar-refractivity contribution in [1.82, 2.24) is 0 Å². The van der Waals surface area contributed by atoms with E-state index in [2.05, 4.69) is 188 Å². The predicted molar refractivity (Wildman–Crippen MR) is 231 cm³/mol. The maximum absolute atomic E-state index is 2.53. The monoisotopic (exact) mass is 692 g/mol. The van der Waals surface area contributed by atoms with Crippen LogP contribution in [0.2, 0.25) is 0 Å². The molecule has 0 nitrogen and oxygen atoms in total. The molecule has 0 atom stereocenters. The Morgan fingerprint density at radius 2 is 0.815 bits per heavy atom. The topological polar surface area (TPSA) is 0 Å². The average molecular weight is 693 g/mol. The number of benzene rings is 8. The molecule has 54 heavy (non-hydrogen) atoms. The molecule has 0 unspecified atom stereocenters. The van der Waals surface area contributed by atoms with Crippen LogP contribution in [0.25, 0.3) is 88.3 Å². The van der Waals surface area contributed by atoms with Crippen LogP contribution in [0.1, 0.15) is 76.3 Å². The Balaban J connectivity index is 1.21. The Morgan fingerprint density at radius 1 is 0.370 bits per heavy atom. The van der Waals surface area contributed by atoms with Crippen molar-refractivity contribution < 1.29 is 0 Å². The molecule has 3 aliphatic rings. The first-order valence-electron chi connectivity index (χ1n) is 19.6. The molecule has 0 radical (unpaired) electrons. The summed E-state index contributed by atoms with van der Waals surface area (Å²) in [6, 6.07) is 53.8. The fourth-order valence-electron chi connectivity index (χ4n) is 10.6. The van der Waals surface area contributed by atoms with Crippen molar-refractivity contribution in [2.45, 2.75) is 64.7 Å². The van der Waals surface area contributed by atoms with E-state index in [1.165, 1.54) is 116 Å². The van der Waals surface area contributed by atoms with Gasteiger partial charge in [0.2, 0.25) is 0 Å². The highest BCUT2D eigenvalue weighted by Gasteiger charge is 2.39. The summed E-state index contributed by atoms with van der Waals surface area (Å²) in [6.45, 7) is 16.6. The quantitative estimate of drug-likeness (QED) is 0.169. The van der Waals surface area contributed by atoms with Crippen LogP contribution in [0.15, 0.2) is 140 Å². The lowest BCUT2D eigenvalue weighted by Crippen LogP contribution is -2.17. The molecule has 8 aromatic carbocycles.